The van der Waals surface area contributed by atoms with Crippen LogP contribution in [0.2, 0.25) is 0 Å². The lowest BCUT2D eigenvalue weighted by Crippen LogP contribution is -2.55. The van der Waals surface area contributed by atoms with Crippen molar-refractivity contribution in [3.63, 3.8) is 0 Å². The first-order valence-corrected chi connectivity index (χ1v) is 11.1. The van der Waals surface area contributed by atoms with Crippen molar-refractivity contribution in [3.8, 4) is 0 Å². The minimum atomic E-state index is 0.525. The van der Waals surface area contributed by atoms with E-state index in [9.17, 15) is 0 Å². The van der Waals surface area contributed by atoms with Crippen LogP contribution in [-0.2, 0) is 19.6 Å². The van der Waals surface area contributed by atoms with Gasteiger partial charge in [-0.1, -0.05) is 78.4 Å². The van der Waals surface area contributed by atoms with E-state index in [1.807, 2.05) is 0 Å². The van der Waals surface area contributed by atoms with Crippen LogP contribution in [0.15, 0.2) is 78.9 Å². The van der Waals surface area contributed by atoms with Gasteiger partial charge in [0, 0.05) is 51.5 Å². The summed E-state index contributed by atoms with van der Waals surface area (Å²) in [6.07, 6.45) is 0. The molecule has 0 N–H and O–H groups in total. The smallest absolute Gasteiger partial charge is 0.0545 e. The first-order chi connectivity index (χ1) is 14.7. The van der Waals surface area contributed by atoms with Crippen molar-refractivity contribution in [2.45, 2.75) is 32.6 Å². The fourth-order valence-corrected chi connectivity index (χ4v) is 4.98. The SMILES string of the molecule is Cc1ccc(CN2Cc3ccccc3N3CCN(Cc4ccccc4)CC3C2)cc1. The van der Waals surface area contributed by atoms with E-state index in [0.29, 0.717) is 6.04 Å². The molecule has 3 aromatic rings. The summed E-state index contributed by atoms with van der Waals surface area (Å²) in [6.45, 7) is 9.69. The van der Waals surface area contributed by atoms with Gasteiger partial charge in [-0.2, -0.15) is 0 Å². The highest BCUT2D eigenvalue weighted by atomic mass is 15.3. The maximum Gasteiger partial charge on any atom is 0.0545 e. The van der Waals surface area contributed by atoms with Crippen molar-refractivity contribution in [2.75, 3.05) is 31.1 Å². The number of aryl methyl sites for hydroxylation is 1. The summed E-state index contributed by atoms with van der Waals surface area (Å²) in [7, 11) is 0. The van der Waals surface area contributed by atoms with E-state index in [1.165, 1.54) is 27.9 Å². The molecule has 2 heterocycles. The van der Waals surface area contributed by atoms with Gasteiger partial charge >= 0.3 is 0 Å². The second-order valence-electron chi connectivity index (χ2n) is 8.85. The predicted molar refractivity (Wildman–Crippen MR) is 125 cm³/mol. The molecule has 3 aromatic carbocycles. The van der Waals surface area contributed by atoms with E-state index >= 15 is 0 Å². The van der Waals surface area contributed by atoms with Crippen molar-refractivity contribution in [1.82, 2.24) is 9.80 Å². The minimum Gasteiger partial charge on any atom is -0.364 e. The molecule has 0 bridgehead atoms. The fourth-order valence-electron chi connectivity index (χ4n) is 4.98. The van der Waals surface area contributed by atoms with Gasteiger partial charge in [-0.3, -0.25) is 9.80 Å². The molecule has 1 atom stereocenters. The molecular formula is C27H31N3. The van der Waals surface area contributed by atoms with Crippen molar-refractivity contribution in [3.05, 3.63) is 101 Å². The number of fused-ring (bicyclic) bond motifs is 3. The summed E-state index contributed by atoms with van der Waals surface area (Å²) < 4.78 is 0. The second kappa shape index (κ2) is 8.63. The van der Waals surface area contributed by atoms with E-state index in [-0.39, 0.29) is 0 Å². The number of benzene rings is 3. The monoisotopic (exact) mass is 397 g/mol. The minimum absolute atomic E-state index is 0.525. The Morgan fingerprint density at radius 1 is 0.700 bits per heavy atom. The summed E-state index contributed by atoms with van der Waals surface area (Å²) in [5.41, 5.74) is 7.05. The standard InChI is InChI=1S/C27H31N3/c1-22-11-13-24(14-12-22)18-29-19-25-9-5-6-10-27(25)30-16-15-28(20-26(30)21-29)17-23-7-3-2-4-8-23/h2-14,26H,15-21H2,1H3. The van der Waals surface area contributed by atoms with E-state index < -0.39 is 0 Å². The highest BCUT2D eigenvalue weighted by Crippen LogP contribution is 2.30. The zero-order valence-corrected chi connectivity index (χ0v) is 17.9. The van der Waals surface area contributed by atoms with Crippen LogP contribution in [0.1, 0.15) is 22.3 Å². The zero-order chi connectivity index (χ0) is 20.3. The Hall–Kier alpha value is -2.62. The fraction of sp³-hybridized carbons (Fsp3) is 0.333. The topological polar surface area (TPSA) is 9.72 Å². The molecular weight excluding hydrogens is 366 g/mol. The average molecular weight is 398 g/mol. The Labute approximate surface area is 180 Å². The number of nitrogens with zero attached hydrogens (tertiary/aromatic N) is 3. The molecule has 3 heteroatoms. The lowest BCUT2D eigenvalue weighted by Gasteiger charge is -2.43. The molecule has 1 fully saturated rings. The van der Waals surface area contributed by atoms with Gasteiger partial charge in [-0.05, 0) is 29.7 Å². The quantitative estimate of drug-likeness (QED) is 0.632. The number of para-hydroxylation sites is 1. The van der Waals surface area contributed by atoms with Crippen LogP contribution >= 0.6 is 0 Å². The molecule has 0 aromatic heterocycles. The molecule has 5 rings (SSSR count). The van der Waals surface area contributed by atoms with Gasteiger partial charge in [0.2, 0.25) is 0 Å². The zero-order valence-electron chi connectivity index (χ0n) is 17.9. The van der Waals surface area contributed by atoms with E-state index in [1.54, 1.807) is 0 Å². The van der Waals surface area contributed by atoms with Crippen LogP contribution in [-0.4, -0.2) is 42.0 Å². The summed E-state index contributed by atoms with van der Waals surface area (Å²) in [6, 6.07) is 29.5. The first kappa shape index (κ1) is 19.3. The molecule has 0 spiro atoms. The summed E-state index contributed by atoms with van der Waals surface area (Å²) in [4.78, 5) is 7.95. The van der Waals surface area contributed by atoms with Crippen molar-refractivity contribution in [1.29, 1.82) is 0 Å². The van der Waals surface area contributed by atoms with E-state index in [0.717, 1.165) is 45.8 Å². The summed E-state index contributed by atoms with van der Waals surface area (Å²) in [5, 5.41) is 0. The number of piperazine rings is 1. The van der Waals surface area contributed by atoms with Crippen LogP contribution in [0.3, 0.4) is 0 Å². The Morgan fingerprint density at radius 3 is 2.20 bits per heavy atom. The van der Waals surface area contributed by atoms with E-state index in [4.69, 9.17) is 0 Å². The maximum atomic E-state index is 2.67. The Bertz CT molecular complexity index is 967. The maximum absolute atomic E-state index is 2.67. The third-order valence-electron chi connectivity index (χ3n) is 6.51. The highest BCUT2D eigenvalue weighted by Gasteiger charge is 2.32. The van der Waals surface area contributed by atoms with Crippen LogP contribution in [0.5, 0.6) is 0 Å². The Morgan fingerprint density at radius 2 is 1.37 bits per heavy atom. The highest BCUT2D eigenvalue weighted by molar-refractivity contribution is 5.56. The van der Waals surface area contributed by atoms with Gasteiger partial charge in [0.1, 0.15) is 0 Å². The summed E-state index contributed by atoms with van der Waals surface area (Å²) in [5.74, 6) is 0. The third-order valence-corrected chi connectivity index (χ3v) is 6.51. The molecule has 154 valence electrons. The van der Waals surface area contributed by atoms with Gasteiger partial charge in [0.05, 0.1) is 6.04 Å². The number of hydrogen-bond donors (Lipinski definition) is 0. The molecule has 2 aliphatic rings. The van der Waals surface area contributed by atoms with Crippen molar-refractivity contribution >= 4 is 5.69 Å². The Balaban J connectivity index is 1.37. The molecule has 3 nitrogen and oxygen atoms in total. The van der Waals surface area contributed by atoms with Crippen LogP contribution in [0.4, 0.5) is 5.69 Å². The predicted octanol–water partition coefficient (Wildman–Crippen LogP) is 4.70. The van der Waals surface area contributed by atoms with Gasteiger partial charge in [0.15, 0.2) is 0 Å². The largest absolute Gasteiger partial charge is 0.364 e. The number of hydrogen-bond acceptors (Lipinski definition) is 3. The number of rotatable bonds is 4. The van der Waals surface area contributed by atoms with Gasteiger partial charge < -0.3 is 4.90 Å². The van der Waals surface area contributed by atoms with Crippen molar-refractivity contribution < 1.29 is 0 Å². The third kappa shape index (κ3) is 4.28. The molecule has 0 amide bonds. The van der Waals surface area contributed by atoms with Crippen LogP contribution < -0.4 is 4.90 Å². The van der Waals surface area contributed by atoms with Gasteiger partial charge in [-0.15, -0.1) is 0 Å². The average Bonchev–Trinajstić information content (AvgIpc) is 2.92. The summed E-state index contributed by atoms with van der Waals surface area (Å²) >= 11 is 0. The molecule has 1 unspecified atom stereocenters. The molecule has 1 saturated heterocycles. The molecule has 0 radical (unpaired) electrons. The lowest BCUT2D eigenvalue weighted by molar-refractivity contribution is 0.172. The van der Waals surface area contributed by atoms with Crippen molar-refractivity contribution in [2.24, 2.45) is 0 Å². The second-order valence-corrected chi connectivity index (χ2v) is 8.85. The lowest BCUT2D eigenvalue weighted by atomic mass is 10.1. The first-order valence-electron chi connectivity index (χ1n) is 11.1. The normalized spacial score (nSPS) is 19.8. The van der Waals surface area contributed by atoms with Gasteiger partial charge in [0.25, 0.3) is 0 Å². The number of anilines is 1. The Kier molecular flexibility index (Phi) is 5.56. The van der Waals surface area contributed by atoms with Gasteiger partial charge in [-0.25, -0.2) is 0 Å². The van der Waals surface area contributed by atoms with E-state index in [2.05, 4.69) is 100 Å². The molecule has 0 saturated carbocycles. The molecule has 30 heavy (non-hydrogen) atoms. The van der Waals surface area contributed by atoms with Crippen LogP contribution in [0.25, 0.3) is 0 Å². The van der Waals surface area contributed by atoms with Crippen LogP contribution in [0, 0.1) is 6.92 Å². The molecule has 2 aliphatic heterocycles. The molecule has 0 aliphatic carbocycles.